The van der Waals surface area contributed by atoms with Gasteiger partial charge in [0.25, 0.3) is 0 Å². The number of carbonyl (C=O) groups is 1. The zero-order valence-electron chi connectivity index (χ0n) is 21.5. The van der Waals surface area contributed by atoms with E-state index < -0.39 is 17.5 Å². The number of pyridine rings is 1. The molecular weight excluding hydrogens is 465 g/mol. The Morgan fingerprint density at radius 3 is 2.50 bits per heavy atom. The highest BCUT2D eigenvalue weighted by Gasteiger charge is 2.24. The molecule has 0 saturated carbocycles. The van der Waals surface area contributed by atoms with Gasteiger partial charge in [-0.25, -0.2) is 19.0 Å². The molecule has 0 saturated heterocycles. The van der Waals surface area contributed by atoms with E-state index >= 15 is 4.39 Å². The largest absolute Gasteiger partial charge is 0.459 e. The summed E-state index contributed by atoms with van der Waals surface area (Å²) in [6.45, 7) is 9.91. The molecule has 10 heteroatoms. The van der Waals surface area contributed by atoms with Gasteiger partial charge in [0.05, 0.1) is 12.7 Å². The Bertz CT molecular complexity index is 1220. The average Bonchev–Trinajstić information content (AvgIpc) is 3.15. The van der Waals surface area contributed by atoms with E-state index in [0.29, 0.717) is 19.0 Å². The van der Waals surface area contributed by atoms with E-state index in [-0.39, 0.29) is 36.0 Å². The molecule has 0 aliphatic carbocycles. The first kappa shape index (κ1) is 27.1. The number of rotatable bonds is 12. The molecule has 0 fully saturated rings. The van der Waals surface area contributed by atoms with Gasteiger partial charge in [0.15, 0.2) is 17.5 Å². The van der Waals surface area contributed by atoms with Gasteiger partial charge in [0.2, 0.25) is 0 Å². The van der Waals surface area contributed by atoms with E-state index in [0.717, 1.165) is 29.2 Å². The molecule has 0 amide bonds. The molecule has 2 heterocycles. The van der Waals surface area contributed by atoms with Gasteiger partial charge in [-0.2, -0.15) is 4.68 Å². The predicted molar refractivity (Wildman–Crippen MR) is 135 cm³/mol. The lowest BCUT2D eigenvalue weighted by Gasteiger charge is -2.18. The normalized spacial score (nSPS) is 12.1. The van der Waals surface area contributed by atoms with Crippen LogP contribution in [-0.2, 0) is 29.2 Å². The number of nitrogens with zero attached hydrogens (tertiary/aromatic N) is 4. The molecule has 3 aromatic rings. The Hall–Kier alpha value is -3.53. The average molecular weight is 500 g/mol. The number of anilines is 1. The number of hydrogen-bond acceptors (Lipinski definition) is 7. The maximum Gasteiger partial charge on any atom is 0.352 e. The first-order valence-corrected chi connectivity index (χ1v) is 12.2. The van der Waals surface area contributed by atoms with Crippen molar-refractivity contribution in [1.29, 1.82) is 0 Å². The molecule has 9 nitrogen and oxygen atoms in total. The quantitative estimate of drug-likeness (QED) is 0.367. The van der Waals surface area contributed by atoms with E-state index in [2.05, 4.69) is 15.4 Å². The molecular formula is C26H34FN5O4. The molecule has 194 valence electrons. The molecule has 1 atom stereocenters. The van der Waals surface area contributed by atoms with Crippen LogP contribution in [0.5, 0.6) is 0 Å². The molecule has 1 aromatic carbocycles. The zero-order chi connectivity index (χ0) is 26.2. The smallest absolute Gasteiger partial charge is 0.352 e. The Kier molecular flexibility index (Phi) is 9.35. The van der Waals surface area contributed by atoms with Crippen molar-refractivity contribution in [3.05, 3.63) is 69.7 Å². The summed E-state index contributed by atoms with van der Waals surface area (Å²) in [7, 11) is 0. The molecule has 0 aliphatic rings. The van der Waals surface area contributed by atoms with E-state index in [1.165, 1.54) is 4.57 Å². The van der Waals surface area contributed by atoms with Crippen molar-refractivity contribution in [3.63, 3.8) is 0 Å². The van der Waals surface area contributed by atoms with Gasteiger partial charge in [-0.05, 0) is 45.7 Å². The number of aromatic nitrogens is 4. The van der Waals surface area contributed by atoms with Gasteiger partial charge in [0.1, 0.15) is 18.0 Å². The van der Waals surface area contributed by atoms with E-state index in [9.17, 15) is 9.59 Å². The molecule has 2 aromatic heterocycles. The fraction of sp³-hybridized carbons (Fsp3) is 0.462. The van der Waals surface area contributed by atoms with Crippen LogP contribution in [0.1, 0.15) is 69.2 Å². The van der Waals surface area contributed by atoms with Crippen LogP contribution in [0.2, 0.25) is 0 Å². The monoisotopic (exact) mass is 499 g/mol. The van der Waals surface area contributed by atoms with Crippen molar-refractivity contribution in [1.82, 2.24) is 19.3 Å². The number of ether oxygens (including phenoxy) is 2. The minimum atomic E-state index is -0.862. The summed E-state index contributed by atoms with van der Waals surface area (Å²) in [6.07, 6.45) is 1.32. The highest BCUT2D eigenvalue weighted by atomic mass is 19.1. The molecule has 0 aliphatic heterocycles. The zero-order valence-corrected chi connectivity index (χ0v) is 21.5. The summed E-state index contributed by atoms with van der Waals surface area (Å²) < 4.78 is 28.6. The summed E-state index contributed by atoms with van der Waals surface area (Å²) in [5, 5.41) is 7.48. The molecule has 0 bridgehead atoms. The summed E-state index contributed by atoms with van der Waals surface area (Å²) in [6, 6.07) is 10.6. The summed E-state index contributed by atoms with van der Waals surface area (Å²) >= 11 is 0. The van der Waals surface area contributed by atoms with Crippen LogP contribution in [0.4, 0.5) is 10.2 Å². The lowest BCUT2D eigenvalue weighted by Crippen LogP contribution is -2.27. The topological polar surface area (TPSA) is 100 Å². The summed E-state index contributed by atoms with van der Waals surface area (Å²) in [5.74, 6) is -1.38. The fourth-order valence-corrected chi connectivity index (χ4v) is 3.74. The van der Waals surface area contributed by atoms with E-state index in [4.69, 9.17) is 9.47 Å². The van der Waals surface area contributed by atoms with Crippen molar-refractivity contribution >= 4 is 11.8 Å². The summed E-state index contributed by atoms with van der Waals surface area (Å²) in [5.41, 5.74) is 0.394. The Labute approximate surface area is 210 Å². The van der Waals surface area contributed by atoms with E-state index in [1.54, 1.807) is 20.8 Å². The second kappa shape index (κ2) is 12.4. The van der Waals surface area contributed by atoms with Crippen LogP contribution in [0.15, 0.2) is 41.2 Å². The van der Waals surface area contributed by atoms with Crippen LogP contribution in [0.3, 0.4) is 0 Å². The Morgan fingerprint density at radius 2 is 1.86 bits per heavy atom. The summed E-state index contributed by atoms with van der Waals surface area (Å²) in [4.78, 5) is 30.1. The molecule has 3 rings (SSSR count). The van der Waals surface area contributed by atoms with Crippen molar-refractivity contribution < 1.29 is 18.7 Å². The van der Waals surface area contributed by atoms with Gasteiger partial charge in [-0.15, -0.1) is 5.10 Å². The SMILES string of the molecule is CCCC(C)Nc1nc(-n2nc(COCc3ccccc3)n(CC)c2=O)c(F)cc1C(=O)OC(C)C. The van der Waals surface area contributed by atoms with Crippen molar-refractivity contribution in [2.24, 2.45) is 0 Å². The predicted octanol–water partition coefficient (Wildman–Crippen LogP) is 4.47. The number of nitrogens with one attached hydrogen (secondary N) is 1. The highest BCUT2D eigenvalue weighted by molar-refractivity contribution is 5.95. The minimum Gasteiger partial charge on any atom is -0.459 e. The van der Waals surface area contributed by atoms with Crippen LogP contribution >= 0.6 is 0 Å². The highest BCUT2D eigenvalue weighted by Crippen LogP contribution is 2.22. The third-order valence-electron chi connectivity index (χ3n) is 5.42. The Balaban J connectivity index is 1.97. The van der Waals surface area contributed by atoms with Gasteiger partial charge in [-0.1, -0.05) is 43.7 Å². The maximum absolute atomic E-state index is 15.3. The Morgan fingerprint density at radius 1 is 1.14 bits per heavy atom. The van der Waals surface area contributed by atoms with Crippen molar-refractivity contribution in [2.75, 3.05) is 5.32 Å². The standard InChI is InChI=1S/C26H34FN5O4/c1-6-11-18(5)28-23-20(25(33)36-17(3)4)14-21(27)24(29-23)32-26(34)31(7-2)22(30-32)16-35-15-19-12-9-8-10-13-19/h8-10,12-14,17-18H,6-7,11,15-16H2,1-5H3,(H,28,29). The lowest BCUT2D eigenvalue weighted by atomic mass is 10.1. The number of carbonyl (C=O) groups excluding carboxylic acids is 1. The number of hydrogen-bond donors (Lipinski definition) is 1. The number of benzene rings is 1. The van der Waals surface area contributed by atoms with Crippen molar-refractivity contribution in [3.8, 4) is 5.82 Å². The molecule has 1 unspecified atom stereocenters. The van der Waals surface area contributed by atoms with Crippen LogP contribution in [0, 0.1) is 5.82 Å². The number of esters is 1. The van der Waals surface area contributed by atoms with Gasteiger partial charge >= 0.3 is 11.7 Å². The molecule has 36 heavy (non-hydrogen) atoms. The first-order chi connectivity index (χ1) is 17.2. The first-order valence-electron chi connectivity index (χ1n) is 12.2. The second-order valence-corrected chi connectivity index (χ2v) is 8.81. The maximum atomic E-state index is 15.3. The third-order valence-corrected chi connectivity index (χ3v) is 5.42. The molecule has 1 N–H and O–H groups in total. The van der Waals surface area contributed by atoms with Gasteiger partial charge in [-0.3, -0.25) is 4.57 Å². The van der Waals surface area contributed by atoms with Gasteiger partial charge in [0, 0.05) is 12.6 Å². The van der Waals surface area contributed by atoms with E-state index in [1.807, 2.05) is 44.2 Å². The third kappa shape index (κ3) is 6.57. The fourth-order valence-electron chi connectivity index (χ4n) is 3.74. The van der Waals surface area contributed by atoms with Crippen LogP contribution in [0.25, 0.3) is 5.82 Å². The lowest BCUT2D eigenvalue weighted by molar-refractivity contribution is 0.0378. The number of halogens is 1. The second-order valence-electron chi connectivity index (χ2n) is 8.81. The molecule has 0 spiro atoms. The minimum absolute atomic E-state index is 0.0395. The van der Waals surface area contributed by atoms with Crippen molar-refractivity contribution in [2.45, 2.75) is 79.4 Å². The van der Waals surface area contributed by atoms with Gasteiger partial charge < -0.3 is 14.8 Å². The molecule has 0 radical (unpaired) electrons. The van der Waals surface area contributed by atoms with Crippen LogP contribution < -0.4 is 11.0 Å². The van der Waals surface area contributed by atoms with Crippen LogP contribution in [-0.4, -0.2) is 37.4 Å².